The van der Waals surface area contributed by atoms with Gasteiger partial charge in [-0.15, -0.1) is 0 Å². The zero-order valence-electron chi connectivity index (χ0n) is 11.6. The molecule has 0 saturated heterocycles. The lowest BCUT2D eigenvalue weighted by molar-refractivity contribution is 0.433. The van der Waals surface area contributed by atoms with E-state index in [0.717, 1.165) is 12.8 Å². The van der Waals surface area contributed by atoms with E-state index >= 15 is 0 Å². The number of rotatable bonds is 5. The van der Waals surface area contributed by atoms with Gasteiger partial charge in [0.2, 0.25) is 0 Å². The fourth-order valence-electron chi connectivity index (χ4n) is 2.20. The van der Waals surface area contributed by atoms with Gasteiger partial charge >= 0.3 is 0 Å². The molecule has 1 aromatic rings. The monoisotopic (exact) mass is 244 g/mol. The fourth-order valence-corrected chi connectivity index (χ4v) is 2.20. The van der Waals surface area contributed by atoms with Crippen molar-refractivity contribution in [3.05, 3.63) is 59.7 Å². The second kappa shape index (κ2) is 7.20. The van der Waals surface area contributed by atoms with Crippen LogP contribution in [0.15, 0.2) is 54.1 Å². The van der Waals surface area contributed by atoms with Crippen LogP contribution in [-0.4, -0.2) is 0 Å². The topological polar surface area (TPSA) is 0 Å². The molecule has 0 heteroatoms. The molecule has 1 aromatic carbocycles. The van der Waals surface area contributed by atoms with Crippen LogP contribution in [0, 0.1) is 5.41 Å². The minimum absolute atomic E-state index is 0. The molecule has 1 rings (SSSR count). The molecule has 0 aliphatic heterocycles. The Morgan fingerprint density at radius 2 is 1.78 bits per heavy atom. The van der Waals surface area contributed by atoms with Gasteiger partial charge in [0.25, 0.3) is 0 Å². The summed E-state index contributed by atoms with van der Waals surface area (Å²) in [5.74, 6) is 0. The van der Waals surface area contributed by atoms with Gasteiger partial charge in [-0.1, -0.05) is 71.2 Å². The molecule has 0 saturated carbocycles. The lowest BCUT2D eigenvalue weighted by Gasteiger charge is -2.28. The highest BCUT2D eigenvalue weighted by molar-refractivity contribution is 5.37. The first-order valence-electron chi connectivity index (χ1n) is 6.40. The van der Waals surface area contributed by atoms with Crippen LogP contribution in [0.2, 0.25) is 0 Å². The van der Waals surface area contributed by atoms with Crippen LogP contribution in [-0.2, 0) is 6.42 Å². The molecule has 0 unspecified atom stereocenters. The normalized spacial score (nSPS) is 11.9. The molecule has 0 atom stereocenters. The van der Waals surface area contributed by atoms with Crippen molar-refractivity contribution in [3.8, 4) is 0 Å². The van der Waals surface area contributed by atoms with Crippen molar-refractivity contribution in [2.75, 3.05) is 0 Å². The molecule has 0 heterocycles. The fraction of sp³-hybridized carbons (Fsp3) is 0.444. The largest absolute Gasteiger partial charge is 0.0952 e. The molecule has 0 spiro atoms. The van der Waals surface area contributed by atoms with Crippen LogP contribution in [0.25, 0.3) is 0 Å². The Morgan fingerprint density at radius 1 is 1.22 bits per heavy atom. The quantitative estimate of drug-likeness (QED) is 0.574. The summed E-state index contributed by atoms with van der Waals surface area (Å²) in [6.07, 6.45) is 4.30. The van der Waals surface area contributed by atoms with E-state index in [1.54, 1.807) is 0 Å². The van der Waals surface area contributed by atoms with Crippen molar-refractivity contribution in [2.45, 2.75) is 48.0 Å². The Morgan fingerprint density at radius 3 is 2.22 bits per heavy atom. The van der Waals surface area contributed by atoms with Crippen molar-refractivity contribution in [1.82, 2.24) is 0 Å². The van der Waals surface area contributed by atoms with Crippen LogP contribution in [0.5, 0.6) is 0 Å². The van der Waals surface area contributed by atoms with Gasteiger partial charge in [-0.2, -0.15) is 0 Å². The van der Waals surface area contributed by atoms with Crippen LogP contribution in [0.4, 0.5) is 0 Å². The van der Waals surface area contributed by atoms with E-state index in [2.05, 4.69) is 70.7 Å². The molecule has 100 valence electrons. The van der Waals surface area contributed by atoms with Crippen molar-refractivity contribution in [3.63, 3.8) is 0 Å². The van der Waals surface area contributed by atoms with Crippen LogP contribution in [0.1, 0.15) is 47.1 Å². The molecule has 0 aliphatic rings. The van der Waals surface area contributed by atoms with Gasteiger partial charge in [0.05, 0.1) is 0 Å². The maximum Gasteiger partial charge on any atom is -0.00288 e. The molecule has 0 fully saturated rings. The Kier molecular flexibility index (Phi) is 6.68. The molecule has 0 bridgehead atoms. The Balaban J connectivity index is 0.00000289. The summed E-state index contributed by atoms with van der Waals surface area (Å²) >= 11 is 0. The first-order valence-corrected chi connectivity index (χ1v) is 6.40. The molecule has 0 radical (unpaired) electrons. The van der Waals surface area contributed by atoms with E-state index in [1.165, 1.54) is 16.7 Å². The van der Waals surface area contributed by atoms with E-state index in [1.807, 2.05) is 0 Å². The summed E-state index contributed by atoms with van der Waals surface area (Å²) in [4.78, 5) is 0. The lowest BCUT2D eigenvalue weighted by Crippen LogP contribution is -2.15. The third-order valence-electron chi connectivity index (χ3n) is 3.54. The zero-order valence-corrected chi connectivity index (χ0v) is 11.6. The van der Waals surface area contributed by atoms with Gasteiger partial charge in [0.15, 0.2) is 0 Å². The first-order chi connectivity index (χ1) is 8.01. The number of hydrogen-bond donors (Lipinski definition) is 0. The average molecular weight is 244 g/mol. The van der Waals surface area contributed by atoms with Crippen LogP contribution in [0.3, 0.4) is 0 Å². The highest BCUT2D eigenvalue weighted by Gasteiger charge is 2.22. The van der Waals surface area contributed by atoms with E-state index in [9.17, 15) is 0 Å². The van der Waals surface area contributed by atoms with Crippen molar-refractivity contribution >= 4 is 0 Å². The summed E-state index contributed by atoms with van der Waals surface area (Å²) in [6.45, 7) is 13.2. The lowest BCUT2D eigenvalue weighted by atomic mass is 9.77. The van der Waals surface area contributed by atoms with Crippen molar-refractivity contribution in [2.24, 2.45) is 5.41 Å². The Labute approximate surface area is 113 Å². The Hall–Kier alpha value is -1.30. The molecule has 0 nitrogen and oxygen atoms in total. The van der Waals surface area contributed by atoms with Crippen LogP contribution < -0.4 is 0 Å². The molecule has 0 N–H and O–H groups in total. The third kappa shape index (κ3) is 4.18. The Bertz CT molecular complexity index is 393. The van der Waals surface area contributed by atoms with Crippen molar-refractivity contribution < 1.29 is 0 Å². The summed E-state index contributed by atoms with van der Waals surface area (Å²) in [6, 6.07) is 10.6. The molecule has 0 aliphatic carbocycles. The summed E-state index contributed by atoms with van der Waals surface area (Å²) in [7, 11) is 0. The van der Waals surface area contributed by atoms with E-state index in [0.29, 0.717) is 0 Å². The smallest absolute Gasteiger partial charge is 0.00288 e. The van der Waals surface area contributed by atoms with Gasteiger partial charge in [-0.05, 0) is 41.9 Å². The number of hydrogen-bond acceptors (Lipinski definition) is 0. The zero-order chi connectivity index (χ0) is 12.9. The van der Waals surface area contributed by atoms with Crippen LogP contribution >= 0.6 is 0 Å². The minimum Gasteiger partial charge on any atom is -0.0952 e. The van der Waals surface area contributed by atoms with E-state index < -0.39 is 0 Å². The maximum absolute atomic E-state index is 4.27. The third-order valence-corrected chi connectivity index (χ3v) is 3.54. The standard InChI is InChI=1S/C17H24.CH4/c1-6-16(17(4,5)7-2)14(3)13-15-11-9-8-10-12-15;/h6,8-12H,3,7,13H2,1-2,4-5H3;1H4/b16-6-;. The summed E-state index contributed by atoms with van der Waals surface area (Å²) in [5, 5.41) is 0. The summed E-state index contributed by atoms with van der Waals surface area (Å²) < 4.78 is 0. The second-order valence-electron chi connectivity index (χ2n) is 5.21. The highest BCUT2D eigenvalue weighted by atomic mass is 14.3. The van der Waals surface area contributed by atoms with Gasteiger partial charge < -0.3 is 0 Å². The SMILES string of the molecule is C.C=C(Cc1ccccc1)/C(=C/C)C(C)(C)CC. The molecule has 0 amide bonds. The van der Waals surface area contributed by atoms with Crippen molar-refractivity contribution in [1.29, 1.82) is 0 Å². The first kappa shape index (κ1) is 16.7. The van der Waals surface area contributed by atoms with Gasteiger partial charge in [-0.25, -0.2) is 0 Å². The van der Waals surface area contributed by atoms with E-state index in [4.69, 9.17) is 0 Å². The van der Waals surface area contributed by atoms with Gasteiger partial charge in [0.1, 0.15) is 0 Å². The molecular weight excluding hydrogens is 216 g/mol. The predicted octanol–water partition coefficient (Wildman–Crippen LogP) is 5.80. The highest BCUT2D eigenvalue weighted by Crippen LogP contribution is 2.35. The summed E-state index contributed by atoms with van der Waals surface area (Å²) in [5.41, 5.74) is 4.19. The molecule has 18 heavy (non-hydrogen) atoms. The van der Waals surface area contributed by atoms with E-state index in [-0.39, 0.29) is 12.8 Å². The average Bonchev–Trinajstić information content (AvgIpc) is 2.30. The maximum atomic E-state index is 4.27. The molecular formula is C18H28. The minimum atomic E-state index is 0. The number of benzene rings is 1. The predicted molar refractivity (Wildman–Crippen MR) is 83.8 cm³/mol. The number of allylic oxidation sites excluding steroid dienone is 3. The van der Waals surface area contributed by atoms with Gasteiger partial charge in [-0.3, -0.25) is 0 Å². The van der Waals surface area contributed by atoms with Gasteiger partial charge in [0, 0.05) is 0 Å². The molecule has 0 aromatic heterocycles. The second-order valence-corrected chi connectivity index (χ2v) is 5.21.